The molecule has 1 heterocycles. The first kappa shape index (κ1) is 17.4. The Hall–Kier alpha value is -1.45. The molecule has 0 amide bonds. The van der Waals surface area contributed by atoms with Gasteiger partial charge in [0.25, 0.3) is 0 Å². The molecule has 1 unspecified atom stereocenters. The molecule has 3 rings (SSSR count). The van der Waals surface area contributed by atoms with Gasteiger partial charge in [0.1, 0.15) is 5.75 Å². The van der Waals surface area contributed by atoms with Gasteiger partial charge in [0.15, 0.2) is 0 Å². The predicted molar refractivity (Wildman–Crippen MR) is 103 cm³/mol. The number of unbranched alkanes of at least 4 members (excludes halogenated alkanes) is 1. The molecule has 3 heteroatoms. The second-order valence-electron chi connectivity index (χ2n) is 6.59. The van der Waals surface area contributed by atoms with E-state index in [9.17, 15) is 5.11 Å². The van der Waals surface area contributed by atoms with E-state index in [1.807, 2.05) is 30.0 Å². The van der Waals surface area contributed by atoms with Crippen molar-refractivity contribution in [1.29, 1.82) is 0 Å². The Balaban J connectivity index is 1.40. The lowest BCUT2D eigenvalue weighted by molar-refractivity contribution is 0.230. The summed E-state index contributed by atoms with van der Waals surface area (Å²) < 4.78 is 0. The number of para-hydroxylation sites is 1. The number of nitrogens with zero attached hydrogens (tertiary/aromatic N) is 1. The first-order valence-corrected chi connectivity index (χ1v) is 9.90. The van der Waals surface area contributed by atoms with E-state index in [1.165, 1.54) is 50.8 Å². The normalized spacial score (nSPS) is 18.6. The van der Waals surface area contributed by atoms with Gasteiger partial charge in [0.2, 0.25) is 0 Å². The molecule has 0 saturated carbocycles. The third-order valence-corrected chi connectivity index (χ3v) is 5.97. The van der Waals surface area contributed by atoms with Crippen LogP contribution in [0.15, 0.2) is 59.5 Å². The molecule has 0 bridgehead atoms. The maximum Gasteiger partial charge on any atom is 0.129 e. The Labute approximate surface area is 149 Å². The molecule has 1 aliphatic heterocycles. The molecule has 2 aromatic rings. The summed E-state index contributed by atoms with van der Waals surface area (Å²) in [5.74, 6) is 0.419. The second kappa shape index (κ2) is 9.14. The van der Waals surface area contributed by atoms with E-state index in [0.717, 1.165) is 11.4 Å². The van der Waals surface area contributed by atoms with E-state index in [0.29, 0.717) is 11.0 Å². The molecular formula is C21H27NOS. The minimum absolute atomic E-state index is 0.419. The SMILES string of the molecule is Oc1ccccc1SC1CCCN(CCCCc2ccccc2)C1. The molecule has 2 aromatic carbocycles. The van der Waals surface area contributed by atoms with E-state index < -0.39 is 0 Å². The van der Waals surface area contributed by atoms with Gasteiger partial charge in [0, 0.05) is 16.7 Å². The highest BCUT2D eigenvalue weighted by molar-refractivity contribution is 8.00. The lowest BCUT2D eigenvalue weighted by Gasteiger charge is -2.32. The van der Waals surface area contributed by atoms with Crippen LogP contribution < -0.4 is 0 Å². The Kier molecular flexibility index (Phi) is 6.62. The van der Waals surface area contributed by atoms with Crippen molar-refractivity contribution >= 4 is 11.8 Å². The molecule has 1 aliphatic rings. The van der Waals surface area contributed by atoms with Gasteiger partial charge >= 0.3 is 0 Å². The molecule has 128 valence electrons. The third kappa shape index (κ3) is 5.29. The maximum atomic E-state index is 9.95. The number of benzene rings is 2. The summed E-state index contributed by atoms with van der Waals surface area (Å²) in [6.07, 6.45) is 6.23. The fourth-order valence-electron chi connectivity index (χ4n) is 3.36. The standard InChI is InChI=1S/C21H27NOS/c23-20-13-4-5-14-21(20)24-19-12-8-16-22(17-19)15-7-6-11-18-9-2-1-3-10-18/h1-5,9-10,13-14,19,23H,6-8,11-12,15-17H2. The maximum absolute atomic E-state index is 9.95. The first-order valence-electron chi connectivity index (χ1n) is 9.02. The van der Waals surface area contributed by atoms with Gasteiger partial charge in [-0.05, 0) is 62.9 Å². The molecule has 1 fully saturated rings. The number of phenols is 1. The fourth-order valence-corrected chi connectivity index (χ4v) is 4.63. The highest BCUT2D eigenvalue weighted by Gasteiger charge is 2.21. The number of hydrogen-bond acceptors (Lipinski definition) is 3. The zero-order valence-corrected chi connectivity index (χ0v) is 15.0. The van der Waals surface area contributed by atoms with Crippen LogP contribution in [0.1, 0.15) is 31.2 Å². The average molecular weight is 342 g/mol. The van der Waals surface area contributed by atoms with Crippen molar-refractivity contribution in [3.63, 3.8) is 0 Å². The van der Waals surface area contributed by atoms with Gasteiger partial charge in [-0.25, -0.2) is 0 Å². The molecule has 0 spiro atoms. The smallest absolute Gasteiger partial charge is 0.129 e. The number of rotatable bonds is 7. The van der Waals surface area contributed by atoms with Crippen molar-refractivity contribution in [3.8, 4) is 5.75 Å². The number of aromatic hydroxyl groups is 1. The van der Waals surface area contributed by atoms with E-state index in [4.69, 9.17) is 0 Å². The number of piperidine rings is 1. The van der Waals surface area contributed by atoms with Crippen LogP contribution in [0, 0.1) is 0 Å². The van der Waals surface area contributed by atoms with E-state index in [-0.39, 0.29) is 0 Å². The summed E-state index contributed by atoms with van der Waals surface area (Å²) in [6, 6.07) is 18.5. The van der Waals surface area contributed by atoms with Crippen LogP contribution in [-0.2, 0) is 6.42 Å². The summed E-state index contributed by atoms with van der Waals surface area (Å²) in [5.41, 5.74) is 1.45. The van der Waals surface area contributed by atoms with Crippen molar-refractivity contribution in [2.45, 2.75) is 42.2 Å². The summed E-state index contributed by atoms with van der Waals surface area (Å²) in [6.45, 7) is 3.57. The number of likely N-dealkylation sites (tertiary alicyclic amines) is 1. The van der Waals surface area contributed by atoms with E-state index in [2.05, 4.69) is 35.2 Å². The summed E-state index contributed by atoms with van der Waals surface area (Å²) in [5, 5.41) is 10.6. The Morgan fingerprint density at radius 2 is 1.79 bits per heavy atom. The van der Waals surface area contributed by atoms with Gasteiger partial charge < -0.3 is 10.0 Å². The lowest BCUT2D eigenvalue weighted by Crippen LogP contribution is -2.37. The molecule has 24 heavy (non-hydrogen) atoms. The molecule has 0 aliphatic carbocycles. The molecular weight excluding hydrogens is 314 g/mol. The third-order valence-electron chi connectivity index (χ3n) is 4.65. The monoisotopic (exact) mass is 341 g/mol. The highest BCUT2D eigenvalue weighted by Crippen LogP contribution is 2.34. The van der Waals surface area contributed by atoms with Crippen molar-refractivity contribution in [2.75, 3.05) is 19.6 Å². The molecule has 1 N–H and O–H groups in total. The van der Waals surface area contributed by atoms with Crippen LogP contribution in [-0.4, -0.2) is 34.9 Å². The summed E-state index contributed by atoms with van der Waals surface area (Å²) in [4.78, 5) is 3.63. The first-order chi connectivity index (χ1) is 11.8. The Morgan fingerprint density at radius 3 is 2.62 bits per heavy atom. The molecule has 0 aromatic heterocycles. The molecule has 1 saturated heterocycles. The summed E-state index contributed by atoms with van der Waals surface area (Å²) >= 11 is 1.84. The number of thioether (sulfide) groups is 1. The van der Waals surface area contributed by atoms with Crippen LogP contribution in [0.3, 0.4) is 0 Å². The van der Waals surface area contributed by atoms with Crippen LogP contribution in [0.2, 0.25) is 0 Å². The van der Waals surface area contributed by atoms with Gasteiger partial charge in [-0.15, -0.1) is 11.8 Å². The van der Waals surface area contributed by atoms with E-state index >= 15 is 0 Å². The van der Waals surface area contributed by atoms with Crippen LogP contribution in [0.4, 0.5) is 0 Å². The molecule has 2 nitrogen and oxygen atoms in total. The fraction of sp³-hybridized carbons (Fsp3) is 0.429. The van der Waals surface area contributed by atoms with Crippen LogP contribution in [0.25, 0.3) is 0 Å². The second-order valence-corrected chi connectivity index (χ2v) is 7.94. The van der Waals surface area contributed by atoms with Crippen molar-refractivity contribution in [3.05, 3.63) is 60.2 Å². The van der Waals surface area contributed by atoms with Crippen molar-refractivity contribution in [1.82, 2.24) is 4.90 Å². The highest BCUT2D eigenvalue weighted by atomic mass is 32.2. The van der Waals surface area contributed by atoms with Gasteiger partial charge in [-0.3, -0.25) is 0 Å². The Bertz CT molecular complexity index is 616. The minimum Gasteiger partial charge on any atom is -0.507 e. The van der Waals surface area contributed by atoms with Crippen LogP contribution in [0.5, 0.6) is 5.75 Å². The topological polar surface area (TPSA) is 23.5 Å². The summed E-state index contributed by atoms with van der Waals surface area (Å²) in [7, 11) is 0. The number of hydrogen-bond donors (Lipinski definition) is 1. The average Bonchev–Trinajstić information content (AvgIpc) is 2.62. The van der Waals surface area contributed by atoms with Crippen molar-refractivity contribution in [2.24, 2.45) is 0 Å². The predicted octanol–water partition coefficient (Wildman–Crippen LogP) is 4.97. The number of phenolic OH excluding ortho intramolecular Hbond substituents is 1. The zero-order chi connectivity index (χ0) is 16.6. The molecule has 0 radical (unpaired) electrons. The largest absolute Gasteiger partial charge is 0.507 e. The van der Waals surface area contributed by atoms with Crippen LogP contribution >= 0.6 is 11.8 Å². The minimum atomic E-state index is 0.419. The Morgan fingerprint density at radius 1 is 1.00 bits per heavy atom. The lowest BCUT2D eigenvalue weighted by atomic mass is 10.1. The van der Waals surface area contributed by atoms with Gasteiger partial charge in [-0.2, -0.15) is 0 Å². The molecule has 1 atom stereocenters. The number of aryl methyl sites for hydroxylation is 1. The van der Waals surface area contributed by atoms with Crippen molar-refractivity contribution < 1.29 is 5.11 Å². The quantitative estimate of drug-likeness (QED) is 0.719. The van der Waals surface area contributed by atoms with Gasteiger partial charge in [-0.1, -0.05) is 42.5 Å². The van der Waals surface area contributed by atoms with E-state index in [1.54, 1.807) is 6.07 Å². The zero-order valence-electron chi connectivity index (χ0n) is 14.2. The van der Waals surface area contributed by atoms with Gasteiger partial charge in [0.05, 0.1) is 0 Å².